The van der Waals surface area contributed by atoms with Crippen LogP contribution >= 0.6 is 11.3 Å². The summed E-state index contributed by atoms with van der Waals surface area (Å²) < 4.78 is 2.35. The molecule has 0 aromatic carbocycles. The summed E-state index contributed by atoms with van der Waals surface area (Å²) in [4.78, 5) is 25.0. The molecule has 2 aromatic rings. The van der Waals surface area contributed by atoms with E-state index >= 15 is 0 Å². The lowest BCUT2D eigenvalue weighted by Crippen LogP contribution is -2.40. The van der Waals surface area contributed by atoms with Gasteiger partial charge in [-0.15, -0.1) is 11.3 Å². The van der Waals surface area contributed by atoms with Gasteiger partial charge in [0.25, 0.3) is 0 Å². The smallest absolute Gasteiger partial charge is 0.222 e. The summed E-state index contributed by atoms with van der Waals surface area (Å²) in [6.07, 6.45) is 11.8. The largest absolute Gasteiger partial charge is 0.342 e. The molecule has 0 spiro atoms. The van der Waals surface area contributed by atoms with Crippen molar-refractivity contribution < 1.29 is 4.79 Å². The molecule has 1 aliphatic carbocycles. The van der Waals surface area contributed by atoms with Crippen molar-refractivity contribution in [2.24, 2.45) is 5.92 Å². The van der Waals surface area contributed by atoms with E-state index in [-0.39, 0.29) is 5.91 Å². The molecule has 0 radical (unpaired) electrons. The Morgan fingerprint density at radius 3 is 2.88 bits per heavy atom. The number of thiazole rings is 1. The van der Waals surface area contributed by atoms with Crippen LogP contribution in [0.25, 0.3) is 0 Å². The highest BCUT2D eigenvalue weighted by atomic mass is 32.1. The van der Waals surface area contributed by atoms with E-state index in [1.54, 1.807) is 11.3 Å². The molecule has 1 saturated heterocycles. The summed E-state index contributed by atoms with van der Waals surface area (Å²) in [6, 6.07) is 0. The maximum Gasteiger partial charge on any atom is 0.222 e. The minimum Gasteiger partial charge on any atom is -0.342 e. The van der Waals surface area contributed by atoms with E-state index in [1.807, 2.05) is 18.6 Å². The van der Waals surface area contributed by atoms with E-state index < -0.39 is 0 Å². The second kappa shape index (κ2) is 7.91. The van der Waals surface area contributed by atoms with Crippen molar-refractivity contribution in [1.29, 1.82) is 0 Å². The number of imidazole rings is 1. The first-order valence-corrected chi connectivity index (χ1v) is 10.8. The molecular weight excluding hydrogens is 344 g/mol. The van der Waals surface area contributed by atoms with Gasteiger partial charge in [-0.05, 0) is 44.9 Å². The summed E-state index contributed by atoms with van der Waals surface area (Å²) in [5.41, 5.74) is 2.94. The monoisotopic (exact) mass is 372 g/mol. The van der Waals surface area contributed by atoms with Gasteiger partial charge in [-0.3, -0.25) is 4.79 Å². The molecule has 4 rings (SSSR count). The van der Waals surface area contributed by atoms with Crippen molar-refractivity contribution in [2.45, 2.75) is 64.3 Å². The van der Waals surface area contributed by atoms with Gasteiger partial charge in [0.1, 0.15) is 5.82 Å². The Hall–Kier alpha value is -1.69. The minimum atomic E-state index is 0.277. The first-order chi connectivity index (χ1) is 12.7. The number of hydrogen-bond acceptors (Lipinski definition) is 4. The number of rotatable bonds is 6. The molecular formula is C20H28N4OS. The van der Waals surface area contributed by atoms with Crippen LogP contribution in [0.4, 0.5) is 0 Å². The summed E-state index contributed by atoms with van der Waals surface area (Å²) in [6.45, 7) is 4.84. The number of aryl methyl sites for hydroxylation is 2. The minimum absolute atomic E-state index is 0.277. The molecule has 6 heteroatoms. The summed E-state index contributed by atoms with van der Waals surface area (Å²) in [5, 5.41) is 0. The molecule has 3 heterocycles. The van der Waals surface area contributed by atoms with Crippen LogP contribution < -0.4 is 0 Å². The van der Waals surface area contributed by atoms with Gasteiger partial charge in [-0.2, -0.15) is 0 Å². The van der Waals surface area contributed by atoms with Gasteiger partial charge in [0, 0.05) is 49.2 Å². The molecule has 26 heavy (non-hydrogen) atoms. The first-order valence-electron chi connectivity index (χ1n) is 9.88. The fraction of sp³-hybridized carbons (Fsp3) is 0.650. The lowest BCUT2D eigenvalue weighted by atomic mass is 9.85. The number of likely N-dealkylation sites (tertiary alicyclic amines) is 1. The van der Waals surface area contributed by atoms with Crippen LogP contribution in [0.1, 0.15) is 60.8 Å². The number of amides is 1. The summed E-state index contributed by atoms with van der Waals surface area (Å²) in [7, 11) is 0. The van der Waals surface area contributed by atoms with Gasteiger partial charge in [0.05, 0.1) is 11.2 Å². The average molecular weight is 373 g/mol. The standard InChI is InChI=1S/C20H28N4OS/c1-15-18(26-14-22-15)7-8-19(25)23-10-3-6-17(13-23)20-21-9-11-24(20)12-16-4-2-5-16/h9,11,14,16-17H,2-8,10,12-13H2,1H3/t17-/m0/s1. The van der Waals surface area contributed by atoms with Crippen molar-refractivity contribution in [1.82, 2.24) is 19.4 Å². The number of carbonyl (C=O) groups is 1. The third kappa shape index (κ3) is 3.85. The lowest BCUT2D eigenvalue weighted by Gasteiger charge is -2.34. The Balaban J connectivity index is 1.36. The molecule has 0 N–H and O–H groups in total. The topological polar surface area (TPSA) is 51.0 Å². The molecule has 0 bridgehead atoms. The van der Waals surface area contributed by atoms with Crippen LogP contribution in [0.2, 0.25) is 0 Å². The third-order valence-electron chi connectivity index (χ3n) is 5.98. The van der Waals surface area contributed by atoms with Crippen LogP contribution in [0, 0.1) is 12.8 Å². The molecule has 1 saturated carbocycles. The Labute approximate surface area is 159 Å². The highest BCUT2D eigenvalue weighted by molar-refractivity contribution is 7.09. The predicted molar refractivity (Wildman–Crippen MR) is 103 cm³/mol. The van der Waals surface area contributed by atoms with E-state index in [0.29, 0.717) is 12.3 Å². The average Bonchev–Trinajstić information content (AvgIpc) is 3.25. The molecule has 1 amide bonds. The molecule has 1 aliphatic heterocycles. The maximum atomic E-state index is 12.7. The number of piperidine rings is 1. The molecule has 0 unspecified atom stereocenters. The van der Waals surface area contributed by atoms with Crippen LogP contribution in [0.3, 0.4) is 0 Å². The van der Waals surface area contributed by atoms with Gasteiger partial charge >= 0.3 is 0 Å². The van der Waals surface area contributed by atoms with Crippen LogP contribution in [0.5, 0.6) is 0 Å². The summed E-state index contributed by atoms with van der Waals surface area (Å²) >= 11 is 1.66. The van der Waals surface area contributed by atoms with Gasteiger partial charge in [-0.1, -0.05) is 6.42 Å². The number of hydrogen-bond donors (Lipinski definition) is 0. The van der Waals surface area contributed by atoms with Crippen LogP contribution in [-0.2, 0) is 17.8 Å². The SMILES string of the molecule is Cc1ncsc1CCC(=O)N1CCC[C@H](c2nccn2CC2CCC2)C1. The van der Waals surface area contributed by atoms with Gasteiger partial charge in [-0.25, -0.2) is 9.97 Å². The van der Waals surface area contributed by atoms with Crippen molar-refractivity contribution in [2.75, 3.05) is 13.1 Å². The predicted octanol–water partition coefficient (Wildman–Crippen LogP) is 3.79. The van der Waals surface area contributed by atoms with Crippen molar-refractivity contribution in [3.63, 3.8) is 0 Å². The Bertz CT molecular complexity index is 749. The van der Waals surface area contributed by atoms with Gasteiger partial charge < -0.3 is 9.47 Å². The fourth-order valence-electron chi connectivity index (χ4n) is 4.15. The Morgan fingerprint density at radius 2 is 2.15 bits per heavy atom. The molecule has 140 valence electrons. The van der Waals surface area contributed by atoms with E-state index in [9.17, 15) is 4.79 Å². The van der Waals surface area contributed by atoms with Gasteiger partial charge in [0.2, 0.25) is 5.91 Å². The quantitative estimate of drug-likeness (QED) is 0.775. The van der Waals surface area contributed by atoms with Crippen molar-refractivity contribution in [3.05, 3.63) is 34.3 Å². The van der Waals surface area contributed by atoms with E-state index in [0.717, 1.165) is 50.5 Å². The molecule has 5 nitrogen and oxygen atoms in total. The summed E-state index contributed by atoms with van der Waals surface area (Å²) in [5.74, 6) is 2.67. The van der Waals surface area contributed by atoms with E-state index in [4.69, 9.17) is 0 Å². The normalized spacial score (nSPS) is 21.0. The highest BCUT2D eigenvalue weighted by Gasteiger charge is 2.28. The molecule has 2 aromatic heterocycles. The first kappa shape index (κ1) is 17.7. The number of aromatic nitrogens is 3. The zero-order chi connectivity index (χ0) is 17.9. The Morgan fingerprint density at radius 1 is 1.27 bits per heavy atom. The third-order valence-corrected chi connectivity index (χ3v) is 6.97. The zero-order valence-electron chi connectivity index (χ0n) is 15.6. The molecule has 2 fully saturated rings. The number of carbonyl (C=O) groups excluding carboxylic acids is 1. The zero-order valence-corrected chi connectivity index (χ0v) is 16.4. The van der Waals surface area contributed by atoms with E-state index in [1.165, 1.54) is 30.0 Å². The van der Waals surface area contributed by atoms with Crippen molar-refractivity contribution >= 4 is 17.2 Å². The fourth-order valence-corrected chi connectivity index (χ4v) is 4.93. The van der Waals surface area contributed by atoms with Crippen molar-refractivity contribution in [3.8, 4) is 0 Å². The second-order valence-corrected chi connectivity index (χ2v) is 8.71. The Kier molecular flexibility index (Phi) is 5.38. The lowest BCUT2D eigenvalue weighted by molar-refractivity contribution is -0.132. The van der Waals surface area contributed by atoms with Crippen LogP contribution in [0.15, 0.2) is 17.9 Å². The maximum absolute atomic E-state index is 12.7. The second-order valence-electron chi connectivity index (χ2n) is 7.77. The van der Waals surface area contributed by atoms with Crippen LogP contribution in [-0.4, -0.2) is 38.4 Å². The van der Waals surface area contributed by atoms with E-state index in [2.05, 4.69) is 25.6 Å². The molecule has 1 atom stereocenters. The van der Waals surface area contributed by atoms with Gasteiger partial charge in [0.15, 0.2) is 0 Å². The number of nitrogens with zero attached hydrogens (tertiary/aromatic N) is 4. The highest BCUT2D eigenvalue weighted by Crippen LogP contribution is 2.31. The molecule has 2 aliphatic rings.